The number of piperidine rings is 1. The third kappa shape index (κ3) is 8.53. The fourth-order valence-corrected chi connectivity index (χ4v) is 6.66. The van der Waals surface area contributed by atoms with Crippen LogP contribution in [0, 0.1) is 23.4 Å². The predicted octanol–water partition coefficient (Wildman–Crippen LogP) is 7.75. The minimum Gasteiger partial charge on any atom is -0.493 e. The maximum absolute atomic E-state index is 14.5. The Morgan fingerprint density at radius 1 is 0.868 bits per heavy atom. The summed E-state index contributed by atoms with van der Waals surface area (Å²) in [6, 6.07) is 14.3. The molecule has 3 aromatic carbocycles. The van der Waals surface area contributed by atoms with Gasteiger partial charge in [0, 0.05) is 49.4 Å². The Bertz CT molecular complexity index is 2090. The molecule has 2 aliphatic rings. The van der Waals surface area contributed by atoms with Gasteiger partial charge in [-0.3, -0.25) is 4.79 Å². The molecule has 2 aromatic heterocycles. The highest BCUT2D eigenvalue weighted by molar-refractivity contribution is 6.33. The summed E-state index contributed by atoms with van der Waals surface area (Å²) in [6.45, 7) is 5.81. The van der Waals surface area contributed by atoms with Crippen LogP contribution in [0.15, 0.2) is 67.0 Å². The van der Waals surface area contributed by atoms with Crippen LogP contribution >= 0.6 is 23.2 Å². The summed E-state index contributed by atoms with van der Waals surface area (Å²) in [7, 11) is 3.18. The normalized spacial score (nSPS) is 15.3. The van der Waals surface area contributed by atoms with Gasteiger partial charge in [0.2, 0.25) is 5.91 Å². The van der Waals surface area contributed by atoms with Gasteiger partial charge < -0.3 is 24.0 Å². The number of aromatic nitrogens is 4. The van der Waals surface area contributed by atoms with E-state index < -0.39 is 23.0 Å². The summed E-state index contributed by atoms with van der Waals surface area (Å²) in [5.74, 6) is -0.692. The molecule has 1 amide bonds. The van der Waals surface area contributed by atoms with Crippen molar-refractivity contribution in [1.82, 2.24) is 24.5 Å². The molecule has 0 bridgehead atoms. The molecular formula is C38H37Cl2F3N6O4. The molecule has 0 atom stereocenters. The monoisotopic (exact) mass is 768 g/mol. The summed E-state index contributed by atoms with van der Waals surface area (Å²) < 4.78 is 59.8. The van der Waals surface area contributed by atoms with E-state index in [4.69, 9.17) is 37.4 Å². The number of benzene rings is 3. The average molecular weight is 770 g/mol. The van der Waals surface area contributed by atoms with Crippen LogP contribution in [-0.2, 0) is 9.53 Å². The maximum atomic E-state index is 14.5. The van der Waals surface area contributed by atoms with E-state index in [-0.39, 0.29) is 22.4 Å². The highest BCUT2D eigenvalue weighted by atomic mass is 35.5. The van der Waals surface area contributed by atoms with Crippen molar-refractivity contribution in [2.45, 2.75) is 19.8 Å². The second-order valence-corrected chi connectivity index (χ2v) is 13.4. The van der Waals surface area contributed by atoms with E-state index in [1.807, 2.05) is 47.4 Å². The SMILES string of the molecule is CC1CCN(c2c(-c3c(F)cc(F)cc3F)c(Cl)nc3ncnn23)CC1.COc1ccc(/C(=C/C(=O)N2CCOCC2)c2ccc(Cl)cc2)cc1OC. The molecule has 0 spiro atoms. The third-order valence-electron chi connectivity index (χ3n) is 9.14. The summed E-state index contributed by atoms with van der Waals surface area (Å²) in [4.78, 5) is 24.7. The molecule has 4 heterocycles. The second-order valence-electron chi connectivity index (χ2n) is 12.6. The zero-order valence-corrected chi connectivity index (χ0v) is 30.8. The Hall–Kier alpha value is -4.85. The first-order valence-electron chi connectivity index (χ1n) is 16.9. The summed E-state index contributed by atoms with van der Waals surface area (Å²) >= 11 is 12.3. The Morgan fingerprint density at radius 3 is 2.15 bits per heavy atom. The van der Waals surface area contributed by atoms with Crippen LogP contribution in [0.2, 0.25) is 10.2 Å². The van der Waals surface area contributed by atoms with E-state index >= 15 is 0 Å². The lowest BCUT2D eigenvalue weighted by Crippen LogP contribution is -2.39. The van der Waals surface area contributed by atoms with Crippen LogP contribution < -0.4 is 14.4 Å². The van der Waals surface area contributed by atoms with Gasteiger partial charge >= 0.3 is 0 Å². The number of carbonyl (C=O) groups is 1. The number of ether oxygens (including phenoxy) is 3. The summed E-state index contributed by atoms with van der Waals surface area (Å²) in [6.07, 6.45) is 4.81. The van der Waals surface area contributed by atoms with Crippen LogP contribution in [0.1, 0.15) is 30.9 Å². The quantitative estimate of drug-likeness (QED) is 0.123. The first-order valence-corrected chi connectivity index (χ1v) is 17.7. The van der Waals surface area contributed by atoms with Gasteiger partial charge in [-0.2, -0.15) is 19.6 Å². The van der Waals surface area contributed by atoms with Crippen molar-refractivity contribution in [3.63, 3.8) is 0 Å². The molecule has 2 saturated heterocycles. The first kappa shape index (κ1) is 37.9. The van der Waals surface area contributed by atoms with E-state index in [0.717, 1.165) is 29.5 Å². The van der Waals surface area contributed by atoms with Crippen molar-refractivity contribution in [1.29, 1.82) is 0 Å². The van der Waals surface area contributed by atoms with E-state index in [2.05, 4.69) is 22.0 Å². The topological polar surface area (TPSA) is 94.3 Å². The lowest BCUT2D eigenvalue weighted by molar-refractivity contribution is -0.129. The Morgan fingerprint density at radius 2 is 1.51 bits per heavy atom. The molecule has 5 aromatic rings. The number of halogens is 5. The number of amides is 1. The van der Waals surface area contributed by atoms with Gasteiger partial charge in [0.15, 0.2) is 11.5 Å². The fourth-order valence-electron chi connectivity index (χ4n) is 6.28. The van der Waals surface area contributed by atoms with Crippen molar-refractivity contribution in [3.05, 3.63) is 106 Å². The third-order valence-corrected chi connectivity index (χ3v) is 9.66. The zero-order valence-electron chi connectivity index (χ0n) is 29.3. The standard InChI is InChI=1S/C21H22ClNO4.C17H15ClF3N5/c1-25-19-8-5-16(13-20(19)26-2)18(15-3-6-17(22)7-4-15)14-21(24)23-9-11-27-12-10-23;1-9-2-4-25(5-3-9)16-14(13-11(20)6-10(19)7-12(13)21)15(18)24-17-22-8-23-26(16)17/h3-8,13-14H,9-12H2,1-2H3;6-9H,2-5H2,1H3/b18-14+;. The maximum Gasteiger partial charge on any atom is 0.255 e. The van der Waals surface area contributed by atoms with E-state index in [1.54, 1.807) is 25.2 Å². The van der Waals surface area contributed by atoms with Gasteiger partial charge in [-0.15, -0.1) is 0 Å². The number of rotatable bonds is 7. The molecule has 278 valence electrons. The molecule has 0 aliphatic carbocycles. The number of methoxy groups -OCH3 is 2. The smallest absolute Gasteiger partial charge is 0.255 e. The van der Waals surface area contributed by atoms with Crippen molar-refractivity contribution in [2.75, 3.05) is 58.5 Å². The minimum absolute atomic E-state index is 0.0435. The van der Waals surface area contributed by atoms with Crippen LogP contribution in [-0.4, -0.2) is 84.0 Å². The molecule has 0 unspecified atom stereocenters. The van der Waals surface area contributed by atoms with Gasteiger partial charge in [-0.1, -0.05) is 48.3 Å². The van der Waals surface area contributed by atoms with Crippen LogP contribution in [0.5, 0.6) is 11.5 Å². The molecule has 0 N–H and O–H groups in total. The van der Waals surface area contributed by atoms with Crippen LogP contribution in [0.25, 0.3) is 22.5 Å². The Balaban J connectivity index is 0.000000181. The van der Waals surface area contributed by atoms with E-state index in [9.17, 15) is 18.0 Å². The number of anilines is 1. The lowest BCUT2D eigenvalue weighted by atomic mass is 9.96. The molecule has 0 saturated carbocycles. The number of hydrogen-bond acceptors (Lipinski definition) is 8. The first-order chi connectivity index (χ1) is 25.6. The predicted molar refractivity (Wildman–Crippen MR) is 197 cm³/mol. The van der Waals surface area contributed by atoms with Gasteiger partial charge in [0.1, 0.15) is 34.7 Å². The van der Waals surface area contributed by atoms with Gasteiger partial charge in [-0.05, 0) is 59.7 Å². The summed E-state index contributed by atoms with van der Waals surface area (Å²) in [5, 5.41) is 4.68. The molecule has 10 nitrogen and oxygen atoms in total. The fraction of sp³-hybridized carbons (Fsp3) is 0.316. The van der Waals surface area contributed by atoms with Crippen LogP contribution in [0.4, 0.5) is 19.0 Å². The van der Waals surface area contributed by atoms with Crippen molar-refractivity contribution < 1.29 is 32.2 Å². The number of nitrogens with zero attached hydrogens (tertiary/aromatic N) is 6. The second kappa shape index (κ2) is 16.9. The highest BCUT2D eigenvalue weighted by Gasteiger charge is 2.29. The number of carbonyl (C=O) groups excluding carboxylic acids is 1. The minimum atomic E-state index is -1.04. The lowest BCUT2D eigenvalue weighted by Gasteiger charge is -2.33. The Labute approximate surface area is 314 Å². The number of fused-ring (bicyclic) bond motifs is 1. The van der Waals surface area contributed by atoms with E-state index in [1.165, 1.54) is 10.8 Å². The highest BCUT2D eigenvalue weighted by Crippen LogP contribution is 2.40. The largest absolute Gasteiger partial charge is 0.493 e. The Kier molecular flexibility index (Phi) is 12.1. The molecule has 0 radical (unpaired) electrons. The average Bonchev–Trinajstić information content (AvgIpc) is 3.63. The van der Waals surface area contributed by atoms with Crippen molar-refractivity contribution in [2.24, 2.45) is 5.92 Å². The zero-order chi connectivity index (χ0) is 37.6. The van der Waals surface area contributed by atoms with Crippen molar-refractivity contribution >= 4 is 46.3 Å². The number of hydrogen-bond donors (Lipinski definition) is 0. The molecule has 15 heteroatoms. The molecule has 2 fully saturated rings. The van der Waals surface area contributed by atoms with Gasteiger partial charge in [0.05, 0.1) is 38.6 Å². The summed E-state index contributed by atoms with van der Waals surface area (Å²) in [5.41, 5.74) is 2.18. The van der Waals surface area contributed by atoms with Crippen LogP contribution in [0.3, 0.4) is 0 Å². The molecular weight excluding hydrogens is 732 g/mol. The van der Waals surface area contributed by atoms with Gasteiger partial charge in [-0.25, -0.2) is 13.2 Å². The van der Waals surface area contributed by atoms with Gasteiger partial charge in [0.25, 0.3) is 5.78 Å². The van der Waals surface area contributed by atoms with E-state index in [0.29, 0.717) is 79.8 Å². The molecule has 7 rings (SSSR count). The number of morpholine rings is 1. The van der Waals surface area contributed by atoms with Crippen molar-refractivity contribution in [3.8, 4) is 22.6 Å². The molecule has 2 aliphatic heterocycles. The molecule has 53 heavy (non-hydrogen) atoms.